The highest BCUT2D eigenvalue weighted by molar-refractivity contribution is 6.31. The molecular formula is C13H10ClFO. The molecule has 0 bridgehead atoms. The molecule has 0 aliphatic carbocycles. The van der Waals surface area contributed by atoms with Gasteiger partial charge >= 0.3 is 0 Å². The summed E-state index contributed by atoms with van der Waals surface area (Å²) in [7, 11) is 0. The van der Waals surface area contributed by atoms with Crippen LogP contribution in [-0.2, 0) is 0 Å². The van der Waals surface area contributed by atoms with Crippen molar-refractivity contribution in [3.05, 3.63) is 52.8 Å². The molecule has 0 saturated carbocycles. The van der Waals surface area contributed by atoms with Crippen molar-refractivity contribution in [3.8, 4) is 16.9 Å². The highest BCUT2D eigenvalue weighted by Crippen LogP contribution is 2.33. The third kappa shape index (κ3) is 2.02. The van der Waals surface area contributed by atoms with Crippen molar-refractivity contribution in [1.82, 2.24) is 0 Å². The average Bonchev–Trinajstić information content (AvgIpc) is 2.23. The van der Waals surface area contributed by atoms with Crippen molar-refractivity contribution in [2.75, 3.05) is 0 Å². The summed E-state index contributed by atoms with van der Waals surface area (Å²) in [6, 6.07) is 9.30. The molecule has 0 heterocycles. The normalized spacial score (nSPS) is 10.4. The maximum Gasteiger partial charge on any atom is 0.124 e. The van der Waals surface area contributed by atoms with Gasteiger partial charge < -0.3 is 5.11 Å². The third-order valence-electron chi connectivity index (χ3n) is 2.41. The van der Waals surface area contributed by atoms with Crippen molar-refractivity contribution in [1.29, 1.82) is 0 Å². The van der Waals surface area contributed by atoms with Gasteiger partial charge in [-0.05, 0) is 42.3 Å². The van der Waals surface area contributed by atoms with Gasteiger partial charge in [-0.25, -0.2) is 4.39 Å². The van der Waals surface area contributed by atoms with Crippen LogP contribution >= 0.6 is 11.6 Å². The van der Waals surface area contributed by atoms with Crippen LogP contribution in [0.2, 0.25) is 5.02 Å². The Morgan fingerprint density at radius 1 is 1.19 bits per heavy atom. The lowest BCUT2D eigenvalue weighted by molar-refractivity contribution is 0.477. The molecule has 3 heteroatoms. The zero-order valence-corrected chi connectivity index (χ0v) is 9.42. The highest BCUT2D eigenvalue weighted by Gasteiger charge is 2.08. The predicted molar refractivity (Wildman–Crippen MR) is 63.2 cm³/mol. The van der Waals surface area contributed by atoms with E-state index in [9.17, 15) is 9.50 Å². The Morgan fingerprint density at radius 2 is 1.94 bits per heavy atom. The van der Waals surface area contributed by atoms with Crippen LogP contribution in [0.15, 0.2) is 36.4 Å². The fraction of sp³-hybridized carbons (Fsp3) is 0.0769. The molecule has 1 nitrogen and oxygen atoms in total. The van der Waals surface area contributed by atoms with E-state index >= 15 is 0 Å². The molecule has 0 radical (unpaired) electrons. The molecule has 2 rings (SSSR count). The van der Waals surface area contributed by atoms with Gasteiger partial charge in [0.25, 0.3) is 0 Å². The molecule has 1 N–H and O–H groups in total. The molecule has 0 aromatic heterocycles. The van der Waals surface area contributed by atoms with Gasteiger partial charge in [-0.1, -0.05) is 23.7 Å². The Hall–Kier alpha value is -1.54. The van der Waals surface area contributed by atoms with Crippen molar-refractivity contribution in [2.24, 2.45) is 0 Å². The summed E-state index contributed by atoms with van der Waals surface area (Å²) in [6.45, 7) is 1.84. The third-order valence-corrected chi connectivity index (χ3v) is 2.82. The number of phenolic OH excluding ortho intramolecular Hbond substituents is 1. The Kier molecular flexibility index (Phi) is 2.84. The zero-order chi connectivity index (χ0) is 11.7. The quantitative estimate of drug-likeness (QED) is 0.788. The van der Waals surface area contributed by atoms with E-state index in [-0.39, 0.29) is 11.6 Å². The van der Waals surface area contributed by atoms with Gasteiger partial charge in [0, 0.05) is 10.6 Å². The van der Waals surface area contributed by atoms with Crippen LogP contribution in [0.5, 0.6) is 5.75 Å². The molecule has 0 saturated heterocycles. The summed E-state index contributed by atoms with van der Waals surface area (Å²) in [6.07, 6.45) is 0. The molecular weight excluding hydrogens is 227 g/mol. The van der Waals surface area contributed by atoms with Crippen LogP contribution < -0.4 is 0 Å². The van der Waals surface area contributed by atoms with Gasteiger partial charge in [-0.15, -0.1) is 0 Å². The van der Waals surface area contributed by atoms with Crippen LogP contribution in [0.3, 0.4) is 0 Å². The molecule has 0 aliphatic heterocycles. The molecule has 2 aromatic carbocycles. The van der Waals surface area contributed by atoms with E-state index < -0.39 is 0 Å². The molecule has 0 atom stereocenters. The first-order valence-electron chi connectivity index (χ1n) is 4.83. The van der Waals surface area contributed by atoms with Crippen LogP contribution in [-0.4, -0.2) is 5.11 Å². The van der Waals surface area contributed by atoms with Crippen LogP contribution in [0.4, 0.5) is 4.39 Å². The van der Waals surface area contributed by atoms with E-state index in [1.807, 2.05) is 6.92 Å². The van der Waals surface area contributed by atoms with E-state index in [2.05, 4.69) is 0 Å². The summed E-state index contributed by atoms with van der Waals surface area (Å²) >= 11 is 5.87. The number of benzene rings is 2. The number of hydrogen-bond acceptors (Lipinski definition) is 1. The van der Waals surface area contributed by atoms with E-state index in [4.69, 9.17) is 11.6 Å². The molecule has 0 amide bonds. The van der Waals surface area contributed by atoms with Crippen molar-refractivity contribution < 1.29 is 9.50 Å². The molecule has 0 spiro atoms. The minimum Gasteiger partial charge on any atom is -0.507 e. The topological polar surface area (TPSA) is 20.2 Å². The lowest BCUT2D eigenvalue weighted by atomic mass is 10.0. The lowest BCUT2D eigenvalue weighted by Gasteiger charge is -2.07. The van der Waals surface area contributed by atoms with Gasteiger partial charge in [0.05, 0.1) is 0 Å². The second kappa shape index (κ2) is 4.14. The summed E-state index contributed by atoms with van der Waals surface area (Å²) in [5.41, 5.74) is 2.07. The standard InChI is InChI=1S/C13H10ClFO/c1-8-5-11(13(16)7-12(8)14)9-3-2-4-10(15)6-9/h2-7,16H,1H3. The summed E-state index contributed by atoms with van der Waals surface area (Å²) in [4.78, 5) is 0. The SMILES string of the molecule is Cc1cc(-c2cccc(F)c2)c(O)cc1Cl. The second-order valence-electron chi connectivity index (χ2n) is 3.63. The van der Waals surface area contributed by atoms with E-state index in [1.165, 1.54) is 18.2 Å². The van der Waals surface area contributed by atoms with Crippen molar-refractivity contribution in [3.63, 3.8) is 0 Å². The first-order chi connectivity index (χ1) is 7.58. The highest BCUT2D eigenvalue weighted by atomic mass is 35.5. The number of aryl methyl sites for hydroxylation is 1. The van der Waals surface area contributed by atoms with Gasteiger partial charge in [0.15, 0.2) is 0 Å². The smallest absolute Gasteiger partial charge is 0.124 e. The van der Waals surface area contributed by atoms with Crippen LogP contribution in [0, 0.1) is 12.7 Å². The monoisotopic (exact) mass is 236 g/mol. The number of halogens is 2. The first kappa shape index (κ1) is 11.0. The van der Waals surface area contributed by atoms with E-state index in [0.717, 1.165) is 5.56 Å². The summed E-state index contributed by atoms with van der Waals surface area (Å²) in [5, 5.41) is 10.3. The minimum absolute atomic E-state index is 0.0567. The Bertz CT molecular complexity index is 537. The number of rotatable bonds is 1. The molecule has 82 valence electrons. The van der Waals surface area contributed by atoms with E-state index in [0.29, 0.717) is 16.1 Å². The van der Waals surface area contributed by atoms with Crippen molar-refractivity contribution in [2.45, 2.75) is 6.92 Å². The molecule has 0 aliphatic rings. The zero-order valence-electron chi connectivity index (χ0n) is 8.67. The number of phenols is 1. The van der Waals surface area contributed by atoms with E-state index in [1.54, 1.807) is 18.2 Å². The molecule has 0 unspecified atom stereocenters. The average molecular weight is 237 g/mol. The molecule has 2 aromatic rings. The summed E-state index contributed by atoms with van der Waals surface area (Å²) < 4.78 is 13.1. The Morgan fingerprint density at radius 3 is 2.62 bits per heavy atom. The van der Waals surface area contributed by atoms with Crippen LogP contribution in [0.1, 0.15) is 5.56 Å². The van der Waals surface area contributed by atoms with Crippen molar-refractivity contribution >= 4 is 11.6 Å². The van der Waals surface area contributed by atoms with Crippen LogP contribution in [0.25, 0.3) is 11.1 Å². The minimum atomic E-state index is -0.329. The first-order valence-corrected chi connectivity index (χ1v) is 5.21. The van der Waals surface area contributed by atoms with Gasteiger partial charge in [0.1, 0.15) is 11.6 Å². The van der Waals surface area contributed by atoms with Gasteiger partial charge in [-0.2, -0.15) is 0 Å². The largest absolute Gasteiger partial charge is 0.507 e. The Balaban J connectivity index is 2.60. The summed E-state index contributed by atoms with van der Waals surface area (Å²) in [5.74, 6) is -0.272. The number of aromatic hydroxyl groups is 1. The lowest BCUT2D eigenvalue weighted by Crippen LogP contribution is -1.84. The Labute approximate surface area is 98.1 Å². The molecule has 0 fully saturated rings. The van der Waals surface area contributed by atoms with Gasteiger partial charge in [-0.3, -0.25) is 0 Å². The molecule has 16 heavy (non-hydrogen) atoms. The maximum absolute atomic E-state index is 13.1. The predicted octanol–water partition coefficient (Wildman–Crippen LogP) is 4.16. The number of hydrogen-bond donors (Lipinski definition) is 1. The fourth-order valence-electron chi connectivity index (χ4n) is 1.56. The second-order valence-corrected chi connectivity index (χ2v) is 4.04. The fourth-order valence-corrected chi connectivity index (χ4v) is 1.72. The maximum atomic E-state index is 13.1. The van der Waals surface area contributed by atoms with Gasteiger partial charge in [0.2, 0.25) is 0 Å².